The van der Waals surface area contributed by atoms with E-state index in [2.05, 4.69) is 15.2 Å². The maximum atomic E-state index is 12.0. The molecule has 7 heteroatoms. The number of hydrogen-bond acceptors (Lipinski definition) is 5. The predicted molar refractivity (Wildman–Crippen MR) is 65.6 cm³/mol. The van der Waals surface area contributed by atoms with Crippen LogP contribution in [0.15, 0.2) is 17.5 Å². The molecule has 6 nitrogen and oxygen atoms in total. The minimum absolute atomic E-state index is 0.00572. The van der Waals surface area contributed by atoms with Crippen LogP contribution >= 0.6 is 11.3 Å². The zero-order valence-corrected chi connectivity index (χ0v) is 10.4. The minimum Gasteiger partial charge on any atom is -0.366 e. The van der Waals surface area contributed by atoms with Gasteiger partial charge in [-0.15, -0.1) is 16.4 Å². The number of H-pyrrole nitrogens is 1. The number of amides is 1. The number of thiophene rings is 1. The Balaban J connectivity index is 2.15. The molecule has 0 aromatic carbocycles. The largest absolute Gasteiger partial charge is 0.366 e. The van der Waals surface area contributed by atoms with Crippen LogP contribution in [0.4, 0.5) is 5.95 Å². The van der Waals surface area contributed by atoms with Crippen LogP contribution in [0.5, 0.6) is 0 Å². The summed E-state index contributed by atoms with van der Waals surface area (Å²) in [6, 6.07) is 3.95. The molecule has 0 bridgehead atoms. The van der Waals surface area contributed by atoms with E-state index >= 15 is 0 Å². The highest BCUT2D eigenvalue weighted by Gasteiger charge is 2.22. The summed E-state index contributed by atoms with van der Waals surface area (Å²) in [5, 5.41) is 8.13. The number of anilines is 1. The van der Waals surface area contributed by atoms with Gasteiger partial charge in [0.1, 0.15) is 0 Å². The molecule has 2 aromatic rings. The van der Waals surface area contributed by atoms with E-state index in [0.717, 1.165) is 4.88 Å². The Morgan fingerprint density at radius 3 is 2.94 bits per heavy atom. The third kappa shape index (κ3) is 2.28. The number of nitrogens with two attached hydrogens (primary N) is 1. The van der Waals surface area contributed by atoms with Gasteiger partial charge in [0.05, 0.1) is 6.04 Å². The van der Waals surface area contributed by atoms with Crippen LogP contribution in [0, 0.1) is 0 Å². The summed E-state index contributed by atoms with van der Waals surface area (Å²) in [5.41, 5.74) is 5.37. The highest BCUT2D eigenvalue weighted by molar-refractivity contribution is 7.10. The summed E-state index contributed by atoms with van der Waals surface area (Å²) >= 11 is 1.61. The molecule has 1 atom stereocenters. The molecule has 0 saturated carbocycles. The van der Waals surface area contributed by atoms with Crippen molar-refractivity contribution in [3.63, 3.8) is 0 Å². The number of carbonyl (C=O) groups excluding carboxylic acids is 1. The van der Waals surface area contributed by atoms with E-state index in [0.29, 0.717) is 0 Å². The molecule has 0 aliphatic rings. The number of rotatable bonds is 3. The molecule has 90 valence electrons. The van der Waals surface area contributed by atoms with Gasteiger partial charge in [0.2, 0.25) is 11.8 Å². The van der Waals surface area contributed by atoms with Crippen molar-refractivity contribution in [3.8, 4) is 0 Å². The molecule has 2 rings (SSSR count). The Morgan fingerprint density at radius 2 is 2.41 bits per heavy atom. The first kappa shape index (κ1) is 11.6. The van der Waals surface area contributed by atoms with Crippen LogP contribution in [-0.4, -0.2) is 33.0 Å². The monoisotopic (exact) mass is 251 g/mol. The number of carbonyl (C=O) groups is 1. The fourth-order valence-corrected chi connectivity index (χ4v) is 2.26. The van der Waals surface area contributed by atoms with Gasteiger partial charge in [-0.05, 0) is 18.4 Å². The summed E-state index contributed by atoms with van der Waals surface area (Å²) < 4.78 is 0. The van der Waals surface area contributed by atoms with Gasteiger partial charge in [0.15, 0.2) is 0 Å². The van der Waals surface area contributed by atoms with Crippen LogP contribution in [0.1, 0.15) is 28.5 Å². The van der Waals surface area contributed by atoms with Crippen LogP contribution in [0.25, 0.3) is 0 Å². The van der Waals surface area contributed by atoms with E-state index in [-0.39, 0.29) is 23.7 Å². The second kappa shape index (κ2) is 4.54. The van der Waals surface area contributed by atoms with E-state index in [1.54, 1.807) is 23.3 Å². The number of hydrogen-bond donors (Lipinski definition) is 2. The van der Waals surface area contributed by atoms with Gasteiger partial charge >= 0.3 is 0 Å². The van der Waals surface area contributed by atoms with Gasteiger partial charge in [-0.1, -0.05) is 6.07 Å². The van der Waals surface area contributed by atoms with Gasteiger partial charge in [0.25, 0.3) is 5.91 Å². The molecular weight excluding hydrogens is 238 g/mol. The highest BCUT2D eigenvalue weighted by Crippen LogP contribution is 2.24. The van der Waals surface area contributed by atoms with Gasteiger partial charge in [-0.25, -0.2) is 0 Å². The van der Waals surface area contributed by atoms with Crippen molar-refractivity contribution in [3.05, 3.63) is 28.2 Å². The van der Waals surface area contributed by atoms with Gasteiger partial charge in [-0.2, -0.15) is 4.98 Å². The second-order valence-corrected chi connectivity index (χ2v) is 4.63. The first-order chi connectivity index (χ1) is 8.09. The Bertz CT molecular complexity index is 507. The van der Waals surface area contributed by atoms with Gasteiger partial charge in [0, 0.05) is 11.9 Å². The van der Waals surface area contributed by atoms with Crippen molar-refractivity contribution in [2.45, 2.75) is 13.0 Å². The Labute approximate surface area is 102 Å². The third-order valence-electron chi connectivity index (χ3n) is 2.56. The molecule has 2 aromatic heterocycles. The standard InChI is InChI=1S/C10H13N5OS/c1-6(7-4-3-5-17-7)15(2)9(16)8-12-10(11)14-13-8/h3-6H,1-2H3,(H3,11,12,13,14)/t6-/m0/s1. The predicted octanol–water partition coefficient (Wildman–Crippen LogP) is 1.28. The quantitative estimate of drug-likeness (QED) is 0.860. The molecule has 17 heavy (non-hydrogen) atoms. The lowest BCUT2D eigenvalue weighted by atomic mass is 10.2. The molecule has 1 amide bonds. The summed E-state index contributed by atoms with van der Waals surface area (Å²) in [6.07, 6.45) is 0. The second-order valence-electron chi connectivity index (χ2n) is 3.65. The number of aromatic amines is 1. The molecule has 0 aliphatic heterocycles. The molecule has 0 radical (unpaired) electrons. The van der Waals surface area contributed by atoms with E-state index in [9.17, 15) is 4.79 Å². The SMILES string of the molecule is C[C@@H](c1cccs1)N(C)C(=O)c1nc(N)n[nH]1. The molecule has 0 fully saturated rings. The van der Waals surface area contributed by atoms with Crippen LogP contribution < -0.4 is 5.73 Å². The molecule has 0 unspecified atom stereocenters. The first-order valence-corrected chi connectivity index (χ1v) is 5.96. The van der Waals surface area contributed by atoms with E-state index < -0.39 is 0 Å². The zero-order valence-electron chi connectivity index (χ0n) is 9.54. The lowest BCUT2D eigenvalue weighted by Gasteiger charge is -2.22. The Morgan fingerprint density at radius 1 is 1.65 bits per heavy atom. The van der Waals surface area contributed by atoms with E-state index in [1.807, 2.05) is 24.4 Å². The molecular formula is C10H13N5OS. The smallest absolute Gasteiger partial charge is 0.291 e. The Hall–Kier alpha value is -1.89. The number of nitrogens with one attached hydrogen (secondary N) is 1. The fraction of sp³-hybridized carbons (Fsp3) is 0.300. The average molecular weight is 251 g/mol. The maximum Gasteiger partial charge on any atom is 0.291 e. The molecule has 3 N–H and O–H groups in total. The topological polar surface area (TPSA) is 87.9 Å². The highest BCUT2D eigenvalue weighted by atomic mass is 32.1. The number of nitrogens with zero attached hydrogens (tertiary/aromatic N) is 3. The first-order valence-electron chi connectivity index (χ1n) is 5.08. The Kier molecular flexibility index (Phi) is 3.10. The van der Waals surface area contributed by atoms with Crippen LogP contribution in [-0.2, 0) is 0 Å². The van der Waals surface area contributed by atoms with Crippen molar-refractivity contribution in [2.75, 3.05) is 12.8 Å². The summed E-state index contributed by atoms with van der Waals surface area (Å²) in [5.74, 6) is 0.00836. The van der Waals surface area contributed by atoms with E-state index in [4.69, 9.17) is 5.73 Å². The zero-order chi connectivity index (χ0) is 12.4. The maximum absolute atomic E-state index is 12.0. The molecule has 0 spiro atoms. The van der Waals surface area contributed by atoms with Crippen molar-refractivity contribution >= 4 is 23.2 Å². The van der Waals surface area contributed by atoms with E-state index in [1.165, 1.54) is 0 Å². The molecule has 0 saturated heterocycles. The van der Waals surface area contributed by atoms with Crippen LogP contribution in [0.2, 0.25) is 0 Å². The average Bonchev–Trinajstić information content (AvgIpc) is 2.96. The van der Waals surface area contributed by atoms with Gasteiger partial charge < -0.3 is 10.6 Å². The summed E-state index contributed by atoms with van der Waals surface area (Å²) in [6.45, 7) is 1.96. The summed E-state index contributed by atoms with van der Waals surface area (Å²) in [7, 11) is 1.73. The van der Waals surface area contributed by atoms with Crippen molar-refractivity contribution in [2.24, 2.45) is 0 Å². The third-order valence-corrected chi connectivity index (χ3v) is 3.60. The fourth-order valence-electron chi connectivity index (χ4n) is 1.43. The molecule has 2 heterocycles. The number of aromatic nitrogens is 3. The molecule has 0 aliphatic carbocycles. The number of nitrogen functional groups attached to an aromatic ring is 1. The van der Waals surface area contributed by atoms with Crippen molar-refractivity contribution < 1.29 is 4.79 Å². The minimum atomic E-state index is -0.227. The van der Waals surface area contributed by atoms with Crippen molar-refractivity contribution in [1.29, 1.82) is 0 Å². The van der Waals surface area contributed by atoms with Gasteiger partial charge in [-0.3, -0.25) is 9.89 Å². The van der Waals surface area contributed by atoms with Crippen molar-refractivity contribution in [1.82, 2.24) is 20.1 Å². The normalized spacial score (nSPS) is 12.4. The summed E-state index contributed by atoms with van der Waals surface area (Å²) in [4.78, 5) is 18.6. The van der Waals surface area contributed by atoms with Crippen LogP contribution in [0.3, 0.4) is 0 Å². The lowest BCUT2D eigenvalue weighted by Crippen LogP contribution is -2.30. The lowest BCUT2D eigenvalue weighted by molar-refractivity contribution is 0.0733.